The fraction of sp³-hybridized carbons (Fsp3) is 0.556. The summed E-state index contributed by atoms with van der Waals surface area (Å²) in [5.41, 5.74) is 5.65. The maximum Gasteiger partial charge on any atom is 0.0485 e. The van der Waals surface area contributed by atoms with Crippen LogP contribution in [0.4, 0.5) is 0 Å². The third kappa shape index (κ3) is 2.49. The molecule has 20 heavy (non-hydrogen) atoms. The molecule has 0 saturated heterocycles. The summed E-state index contributed by atoms with van der Waals surface area (Å²) >= 11 is 0. The average molecular weight is 270 g/mol. The lowest BCUT2D eigenvalue weighted by Gasteiger charge is -2.11. The molecule has 1 aliphatic rings. The van der Waals surface area contributed by atoms with Crippen molar-refractivity contribution in [3.05, 3.63) is 35.0 Å². The fourth-order valence-electron chi connectivity index (χ4n) is 3.60. The van der Waals surface area contributed by atoms with Crippen LogP contribution in [0.25, 0.3) is 10.9 Å². The highest BCUT2D eigenvalue weighted by molar-refractivity contribution is 5.86. The molecule has 0 spiro atoms. The molecule has 2 nitrogen and oxygen atoms in total. The Morgan fingerprint density at radius 1 is 1.20 bits per heavy atom. The molecule has 3 rings (SSSR count). The molecule has 1 saturated carbocycles. The van der Waals surface area contributed by atoms with Crippen molar-refractivity contribution in [3.63, 3.8) is 0 Å². The number of rotatable bonds is 4. The van der Waals surface area contributed by atoms with Gasteiger partial charge in [0.05, 0.1) is 0 Å². The number of nitrogens with zero attached hydrogens (tertiary/aromatic N) is 1. The molecule has 108 valence electrons. The highest BCUT2D eigenvalue weighted by Crippen LogP contribution is 2.26. The standard InChI is InChI=1S/C18H26N2/c1-13-8-9-17-16(14(2)20(3)18(17)12-13)10-11-19-15-6-4-5-7-15/h8-9,12,15,19H,4-7,10-11H2,1-3H3. The molecule has 1 aromatic carbocycles. The monoisotopic (exact) mass is 270 g/mol. The van der Waals surface area contributed by atoms with Crippen molar-refractivity contribution < 1.29 is 0 Å². The van der Waals surface area contributed by atoms with Crippen LogP contribution >= 0.6 is 0 Å². The van der Waals surface area contributed by atoms with E-state index >= 15 is 0 Å². The fourth-order valence-corrected chi connectivity index (χ4v) is 3.60. The predicted molar refractivity (Wildman–Crippen MR) is 86.4 cm³/mol. The molecule has 0 aliphatic heterocycles. The van der Waals surface area contributed by atoms with Crippen molar-refractivity contribution in [2.45, 2.75) is 52.0 Å². The first-order valence-electron chi connectivity index (χ1n) is 7.94. The molecular formula is C18H26N2. The van der Waals surface area contributed by atoms with Crippen LogP contribution in [-0.4, -0.2) is 17.2 Å². The Hall–Kier alpha value is -1.28. The van der Waals surface area contributed by atoms with Gasteiger partial charge in [-0.05, 0) is 56.8 Å². The zero-order valence-electron chi connectivity index (χ0n) is 13.0. The first-order chi connectivity index (χ1) is 9.66. The maximum atomic E-state index is 3.73. The molecule has 0 bridgehead atoms. The van der Waals surface area contributed by atoms with Crippen LogP contribution in [0.1, 0.15) is 42.5 Å². The van der Waals surface area contributed by atoms with E-state index < -0.39 is 0 Å². The Morgan fingerprint density at radius 3 is 2.70 bits per heavy atom. The molecule has 1 aliphatic carbocycles. The number of hydrogen-bond donors (Lipinski definition) is 1. The van der Waals surface area contributed by atoms with Gasteiger partial charge in [-0.2, -0.15) is 0 Å². The second-order valence-electron chi connectivity index (χ2n) is 6.33. The van der Waals surface area contributed by atoms with Crippen molar-refractivity contribution >= 4 is 10.9 Å². The van der Waals surface area contributed by atoms with Crippen LogP contribution in [0.15, 0.2) is 18.2 Å². The van der Waals surface area contributed by atoms with Gasteiger partial charge in [-0.15, -0.1) is 0 Å². The van der Waals surface area contributed by atoms with Gasteiger partial charge >= 0.3 is 0 Å². The smallest absolute Gasteiger partial charge is 0.0485 e. The van der Waals surface area contributed by atoms with Gasteiger partial charge in [0.1, 0.15) is 0 Å². The van der Waals surface area contributed by atoms with Gasteiger partial charge in [0.25, 0.3) is 0 Å². The quantitative estimate of drug-likeness (QED) is 0.892. The summed E-state index contributed by atoms with van der Waals surface area (Å²) in [4.78, 5) is 0. The minimum atomic E-state index is 0.771. The second kappa shape index (κ2) is 5.61. The molecule has 2 heteroatoms. The number of hydrogen-bond acceptors (Lipinski definition) is 1. The molecular weight excluding hydrogens is 244 g/mol. The molecule has 1 fully saturated rings. The zero-order chi connectivity index (χ0) is 14.1. The molecule has 2 aromatic rings. The summed E-state index contributed by atoms with van der Waals surface area (Å²) in [5.74, 6) is 0. The van der Waals surface area contributed by atoms with Gasteiger partial charge in [0, 0.05) is 29.7 Å². The normalized spacial score (nSPS) is 16.4. The van der Waals surface area contributed by atoms with E-state index in [2.05, 4.69) is 49.0 Å². The van der Waals surface area contributed by atoms with Crippen LogP contribution in [0.5, 0.6) is 0 Å². The third-order valence-electron chi connectivity index (χ3n) is 4.94. The van der Waals surface area contributed by atoms with Gasteiger partial charge in [-0.1, -0.05) is 25.0 Å². The van der Waals surface area contributed by atoms with E-state index in [1.165, 1.54) is 53.4 Å². The van der Waals surface area contributed by atoms with E-state index in [0.29, 0.717) is 0 Å². The van der Waals surface area contributed by atoms with Gasteiger partial charge in [-0.3, -0.25) is 0 Å². The van der Waals surface area contributed by atoms with Crippen molar-refractivity contribution in [2.24, 2.45) is 7.05 Å². The van der Waals surface area contributed by atoms with Crippen LogP contribution < -0.4 is 5.32 Å². The average Bonchev–Trinajstić information content (AvgIpc) is 3.02. The molecule has 1 N–H and O–H groups in total. The van der Waals surface area contributed by atoms with Crippen molar-refractivity contribution in [2.75, 3.05) is 6.54 Å². The molecule has 1 aromatic heterocycles. The minimum Gasteiger partial charge on any atom is -0.348 e. The SMILES string of the molecule is Cc1ccc2c(CCNC3CCCC3)c(C)n(C)c2c1. The van der Waals surface area contributed by atoms with Gasteiger partial charge in [-0.25, -0.2) is 0 Å². The van der Waals surface area contributed by atoms with Crippen LogP contribution in [0.3, 0.4) is 0 Å². The van der Waals surface area contributed by atoms with Crippen molar-refractivity contribution in [1.29, 1.82) is 0 Å². The summed E-state index contributed by atoms with van der Waals surface area (Å²) in [5, 5.41) is 5.17. The topological polar surface area (TPSA) is 17.0 Å². The first-order valence-corrected chi connectivity index (χ1v) is 7.94. The summed E-state index contributed by atoms with van der Waals surface area (Å²) in [6, 6.07) is 7.60. The Kier molecular flexibility index (Phi) is 3.84. The summed E-state index contributed by atoms with van der Waals surface area (Å²) < 4.78 is 2.34. The van der Waals surface area contributed by atoms with Crippen LogP contribution in [0, 0.1) is 13.8 Å². The van der Waals surface area contributed by atoms with E-state index in [1.807, 2.05) is 0 Å². The van der Waals surface area contributed by atoms with E-state index in [1.54, 1.807) is 0 Å². The van der Waals surface area contributed by atoms with Gasteiger partial charge in [0.15, 0.2) is 0 Å². The molecule has 0 amide bonds. The number of nitrogens with one attached hydrogen (secondary N) is 1. The number of aromatic nitrogens is 1. The Balaban J connectivity index is 1.78. The molecule has 1 heterocycles. The summed E-state index contributed by atoms with van der Waals surface area (Å²) in [6.07, 6.45) is 6.69. The highest BCUT2D eigenvalue weighted by Gasteiger charge is 2.15. The Morgan fingerprint density at radius 2 is 1.95 bits per heavy atom. The molecule has 0 radical (unpaired) electrons. The van der Waals surface area contributed by atoms with Gasteiger partial charge in [0.2, 0.25) is 0 Å². The van der Waals surface area contributed by atoms with Crippen LogP contribution in [-0.2, 0) is 13.5 Å². The largest absolute Gasteiger partial charge is 0.348 e. The lowest BCUT2D eigenvalue weighted by molar-refractivity contribution is 0.527. The zero-order valence-corrected chi connectivity index (χ0v) is 13.0. The predicted octanol–water partition coefficient (Wildman–Crippen LogP) is 3.87. The van der Waals surface area contributed by atoms with Gasteiger partial charge < -0.3 is 9.88 Å². The summed E-state index contributed by atoms with van der Waals surface area (Å²) in [6.45, 7) is 5.53. The maximum absolute atomic E-state index is 3.73. The number of benzene rings is 1. The first kappa shape index (κ1) is 13.7. The van der Waals surface area contributed by atoms with Crippen LogP contribution in [0.2, 0.25) is 0 Å². The van der Waals surface area contributed by atoms with Crippen molar-refractivity contribution in [1.82, 2.24) is 9.88 Å². The molecule has 0 unspecified atom stereocenters. The number of aryl methyl sites for hydroxylation is 2. The van der Waals surface area contributed by atoms with E-state index in [9.17, 15) is 0 Å². The van der Waals surface area contributed by atoms with Crippen molar-refractivity contribution in [3.8, 4) is 0 Å². The Labute approximate surface area is 122 Å². The van der Waals surface area contributed by atoms with E-state index in [-0.39, 0.29) is 0 Å². The third-order valence-corrected chi connectivity index (χ3v) is 4.94. The minimum absolute atomic E-state index is 0.771. The van der Waals surface area contributed by atoms with E-state index in [4.69, 9.17) is 0 Å². The lowest BCUT2D eigenvalue weighted by Crippen LogP contribution is -2.28. The summed E-state index contributed by atoms with van der Waals surface area (Å²) in [7, 11) is 2.19. The lowest BCUT2D eigenvalue weighted by atomic mass is 10.1. The molecule has 0 atom stereocenters. The highest BCUT2D eigenvalue weighted by atomic mass is 15.0. The second-order valence-corrected chi connectivity index (χ2v) is 6.33. The number of fused-ring (bicyclic) bond motifs is 1. The van der Waals surface area contributed by atoms with E-state index in [0.717, 1.165) is 19.0 Å². The Bertz CT molecular complexity index is 603.